The SMILES string of the molecule is N#CC(=NOC=NOCC1OC=CO1)c1ccccc1. The smallest absolute Gasteiger partial charge is 0.276 e. The van der Waals surface area contributed by atoms with E-state index in [1.807, 2.05) is 12.1 Å². The maximum Gasteiger partial charge on any atom is 0.276 e. The Morgan fingerprint density at radius 2 is 2.05 bits per heavy atom. The van der Waals surface area contributed by atoms with Crippen molar-refractivity contribution >= 4 is 12.1 Å². The van der Waals surface area contributed by atoms with E-state index in [1.165, 1.54) is 12.5 Å². The first-order valence-corrected chi connectivity index (χ1v) is 5.69. The summed E-state index contributed by atoms with van der Waals surface area (Å²) in [5.74, 6) is 0. The molecular weight excluding hydrogens is 262 g/mol. The highest BCUT2D eigenvalue weighted by Gasteiger charge is 2.12. The molecule has 0 unspecified atom stereocenters. The van der Waals surface area contributed by atoms with Crippen LogP contribution in [0.25, 0.3) is 0 Å². The second kappa shape index (κ2) is 7.43. The summed E-state index contributed by atoms with van der Waals surface area (Å²) in [6, 6.07) is 10.9. The van der Waals surface area contributed by atoms with Crippen molar-refractivity contribution in [2.45, 2.75) is 6.29 Å². The first-order chi connectivity index (χ1) is 9.90. The Morgan fingerprint density at radius 3 is 2.75 bits per heavy atom. The van der Waals surface area contributed by atoms with Gasteiger partial charge in [0.1, 0.15) is 18.6 Å². The molecule has 1 heterocycles. The maximum absolute atomic E-state index is 8.95. The van der Waals surface area contributed by atoms with Gasteiger partial charge in [-0.1, -0.05) is 40.6 Å². The molecule has 1 aliphatic rings. The van der Waals surface area contributed by atoms with Crippen LogP contribution in [0.5, 0.6) is 0 Å². The zero-order valence-electron chi connectivity index (χ0n) is 10.4. The van der Waals surface area contributed by atoms with Crippen molar-refractivity contribution in [1.82, 2.24) is 0 Å². The van der Waals surface area contributed by atoms with Crippen LogP contribution in [0.1, 0.15) is 5.56 Å². The van der Waals surface area contributed by atoms with Crippen molar-refractivity contribution in [2.24, 2.45) is 10.3 Å². The fourth-order valence-electron chi connectivity index (χ4n) is 1.31. The molecule has 1 aliphatic heterocycles. The lowest BCUT2D eigenvalue weighted by molar-refractivity contribution is -0.0803. The normalized spacial score (nSPS) is 14.7. The first kappa shape index (κ1) is 13.4. The van der Waals surface area contributed by atoms with Crippen LogP contribution in [0.3, 0.4) is 0 Å². The van der Waals surface area contributed by atoms with Crippen LogP contribution in [-0.4, -0.2) is 25.0 Å². The number of hydrogen-bond donors (Lipinski definition) is 0. The van der Waals surface area contributed by atoms with E-state index in [0.717, 1.165) is 6.40 Å². The Labute approximate surface area is 115 Å². The van der Waals surface area contributed by atoms with Gasteiger partial charge in [0.15, 0.2) is 12.3 Å². The number of nitrogens with zero attached hydrogens (tertiary/aromatic N) is 3. The average molecular weight is 273 g/mol. The Balaban J connectivity index is 1.75. The van der Waals surface area contributed by atoms with E-state index >= 15 is 0 Å². The largest absolute Gasteiger partial charge is 0.456 e. The lowest BCUT2D eigenvalue weighted by atomic mass is 10.1. The second-order valence-corrected chi connectivity index (χ2v) is 3.50. The van der Waals surface area contributed by atoms with Gasteiger partial charge in [-0.05, 0) is 0 Å². The molecule has 0 radical (unpaired) electrons. The molecular formula is C13H11N3O4. The molecule has 0 atom stereocenters. The number of nitriles is 1. The summed E-state index contributed by atoms with van der Waals surface area (Å²) < 4.78 is 9.92. The van der Waals surface area contributed by atoms with Gasteiger partial charge >= 0.3 is 0 Å². The van der Waals surface area contributed by atoms with Crippen molar-refractivity contribution in [2.75, 3.05) is 6.61 Å². The zero-order chi connectivity index (χ0) is 14.0. The van der Waals surface area contributed by atoms with E-state index in [0.29, 0.717) is 5.56 Å². The third-order valence-electron chi connectivity index (χ3n) is 2.19. The summed E-state index contributed by atoms with van der Waals surface area (Å²) in [4.78, 5) is 9.60. The fraction of sp³-hybridized carbons (Fsp3) is 0.154. The Bertz CT molecular complexity index is 540. The van der Waals surface area contributed by atoms with Crippen LogP contribution in [-0.2, 0) is 19.1 Å². The summed E-state index contributed by atoms with van der Waals surface area (Å²) in [5, 5.41) is 16.1. The summed E-state index contributed by atoms with van der Waals surface area (Å²) in [6.07, 6.45) is 3.30. The summed E-state index contributed by atoms with van der Waals surface area (Å²) in [5.41, 5.74) is 0.798. The highest BCUT2D eigenvalue weighted by atomic mass is 16.7. The van der Waals surface area contributed by atoms with E-state index in [-0.39, 0.29) is 12.3 Å². The summed E-state index contributed by atoms with van der Waals surface area (Å²) in [6.45, 7) is 0.111. The number of ether oxygens (including phenoxy) is 2. The van der Waals surface area contributed by atoms with Crippen LogP contribution in [0, 0.1) is 11.3 Å². The van der Waals surface area contributed by atoms with Gasteiger partial charge in [-0.25, -0.2) is 0 Å². The monoisotopic (exact) mass is 273 g/mol. The van der Waals surface area contributed by atoms with E-state index in [4.69, 9.17) is 24.4 Å². The topological polar surface area (TPSA) is 85.4 Å². The lowest BCUT2D eigenvalue weighted by Crippen LogP contribution is -2.14. The van der Waals surface area contributed by atoms with E-state index < -0.39 is 6.29 Å². The van der Waals surface area contributed by atoms with Crippen molar-refractivity contribution in [3.63, 3.8) is 0 Å². The van der Waals surface area contributed by atoms with Crippen molar-refractivity contribution in [3.8, 4) is 6.07 Å². The number of hydrogen-bond acceptors (Lipinski definition) is 7. The average Bonchev–Trinajstić information content (AvgIpc) is 3.01. The van der Waals surface area contributed by atoms with Crippen LogP contribution in [0.2, 0.25) is 0 Å². The Morgan fingerprint density at radius 1 is 1.30 bits per heavy atom. The fourth-order valence-corrected chi connectivity index (χ4v) is 1.31. The Hall–Kier alpha value is -3.01. The van der Waals surface area contributed by atoms with Gasteiger partial charge in [-0.3, -0.25) is 0 Å². The molecule has 0 aliphatic carbocycles. The Kier molecular flexibility index (Phi) is 4.99. The van der Waals surface area contributed by atoms with Crippen LogP contribution in [0.4, 0.5) is 0 Å². The van der Waals surface area contributed by atoms with E-state index in [2.05, 4.69) is 10.3 Å². The molecule has 2 rings (SSSR count). The molecule has 20 heavy (non-hydrogen) atoms. The predicted molar refractivity (Wildman–Crippen MR) is 69.2 cm³/mol. The molecule has 0 saturated heterocycles. The standard InChI is InChI=1S/C13H11N3O4/c14-8-12(11-4-2-1-3-5-11)16-20-10-15-19-9-13-17-6-7-18-13/h1-7,10,13H,9H2. The van der Waals surface area contributed by atoms with Gasteiger partial charge in [0.05, 0.1) is 0 Å². The molecule has 1 aromatic rings. The number of rotatable bonds is 6. The van der Waals surface area contributed by atoms with Crippen LogP contribution >= 0.6 is 0 Å². The van der Waals surface area contributed by atoms with Crippen LogP contribution < -0.4 is 0 Å². The molecule has 0 fully saturated rings. The number of oxime groups is 2. The molecule has 7 heteroatoms. The molecule has 0 saturated carbocycles. The molecule has 0 amide bonds. The quantitative estimate of drug-likeness (QED) is 0.447. The van der Waals surface area contributed by atoms with Gasteiger partial charge in [-0.15, -0.1) is 0 Å². The minimum absolute atomic E-state index is 0.111. The molecule has 102 valence electrons. The third-order valence-corrected chi connectivity index (χ3v) is 2.19. The molecule has 0 spiro atoms. The molecule has 7 nitrogen and oxygen atoms in total. The van der Waals surface area contributed by atoms with Crippen molar-refractivity contribution in [1.29, 1.82) is 5.26 Å². The van der Waals surface area contributed by atoms with Crippen LogP contribution in [0.15, 0.2) is 53.2 Å². The predicted octanol–water partition coefficient (Wildman–Crippen LogP) is 1.73. The molecule has 1 aromatic carbocycles. The molecule has 0 N–H and O–H groups in total. The number of benzene rings is 1. The molecule has 0 bridgehead atoms. The van der Waals surface area contributed by atoms with Gasteiger partial charge in [-0.2, -0.15) is 5.26 Å². The summed E-state index contributed by atoms with van der Waals surface area (Å²) >= 11 is 0. The minimum Gasteiger partial charge on any atom is -0.456 e. The van der Waals surface area contributed by atoms with E-state index in [9.17, 15) is 0 Å². The van der Waals surface area contributed by atoms with Gasteiger partial charge in [0, 0.05) is 5.56 Å². The summed E-state index contributed by atoms with van der Waals surface area (Å²) in [7, 11) is 0. The van der Waals surface area contributed by atoms with Gasteiger partial charge in [0.25, 0.3) is 6.29 Å². The highest BCUT2D eigenvalue weighted by Crippen LogP contribution is 2.05. The van der Waals surface area contributed by atoms with Gasteiger partial charge < -0.3 is 19.1 Å². The molecule has 0 aromatic heterocycles. The van der Waals surface area contributed by atoms with E-state index in [1.54, 1.807) is 24.3 Å². The minimum atomic E-state index is -0.505. The highest BCUT2D eigenvalue weighted by molar-refractivity contribution is 6.11. The first-order valence-electron chi connectivity index (χ1n) is 5.69. The van der Waals surface area contributed by atoms with Crippen molar-refractivity contribution < 1.29 is 19.1 Å². The van der Waals surface area contributed by atoms with Crippen molar-refractivity contribution in [3.05, 3.63) is 48.4 Å². The lowest BCUT2D eigenvalue weighted by Gasteiger charge is -2.06. The zero-order valence-corrected chi connectivity index (χ0v) is 10.4. The third kappa shape index (κ3) is 4.03. The van der Waals surface area contributed by atoms with Gasteiger partial charge in [0.2, 0.25) is 6.40 Å². The second-order valence-electron chi connectivity index (χ2n) is 3.50. The maximum atomic E-state index is 8.95.